The van der Waals surface area contributed by atoms with Crippen LogP contribution in [0.2, 0.25) is 0 Å². The molecule has 0 unspecified atom stereocenters. The fourth-order valence-corrected chi connectivity index (χ4v) is 1.24. The van der Waals surface area contributed by atoms with Crippen LogP contribution in [0.4, 0.5) is 5.69 Å². The molecule has 0 radical (unpaired) electrons. The highest BCUT2D eigenvalue weighted by atomic mass is 15.3. The average Bonchev–Trinajstić information content (AvgIpc) is 2.46. The van der Waals surface area contributed by atoms with Crippen LogP contribution in [0.5, 0.6) is 0 Å². The molecular formula is C9H8N4. The molecule has 0 bridgehead atoms. The first-order valence-corrected chi connectivity index (χ1v) is 3.89. The Labute approximate surface area is 75.2 Å². The molecule has 0 spiro atoms. The minimum Gasteiger partial charge on any atom is -0.399 e. The Balaban J connectivity index is 2.57. The summed E-state index contributed by atoms with van der Waals surface area (Å²) in [6, 6.07) is 7.54. The van der Waals surface area contributed by atoms with Crippen LogP contribution in [-0.2, 0) is 6.54 Å². The first kappa shape index (κ1) is 7.62. The number of hydrogen-bond donors (Lipinski definition) is 1. The van der Waals surface area contributed by atoms with Crippen LogP contribution in [0.1, 0.15) is 0 Å². The maximum atomic E-state index is 8.46. The summed E-state index contributed by atoms with van der Waals surface area (Å²) in [7, 11) is 0. The maximum Gasteiger partial charge on any atom is 0.128 e. The summed E-state index contributed by atoms with van der Waals surface area (Å²) in [5.74, 6) is 0. The molecule has 0 amide bonds. The number of benzene rings is 1. The van der Waals surface area contributed by atoms with Gasteiger partial charge in [0, 0.05) is 17.3 Å². The number of nitrogens with two attached hydrogens (primary N) is 1. The molecule has 64 valence electrons. The van der Waals surface area contributed by atoms with Gasteiger partial charge in [-0.1, -0.05) is 0 Å². The first-order valence-electron chi connectivity index (χ1n) is 3.89. The van der Waals surface area contributed by atoms with Gasteiger partial charge in [-0.2, -0.15) is 10.4 Å². The number of nitrogen functional groups attached to an aromatic ring is 1. The summed E-state index contributed by atoms with van der Waals surface area (Å²) in [5, 5.41) is 13.6. The van der Waals surface area contributed by atoms with Crippen molar-refractivity contribution in [3.8, 4) is 6.07 Å². The minimum atomic E-state index is 0.272. The third-order valence-corrected chi connectivity index (χ3v) is 1.81. The van der Waals surface area contributed by atoms with Gasteiger partial charge in [0.2, 0.25) is 0 Å². The van der Waals surface area contributed by atoms with Gasteiger partial charge in [0.05, 0.1) is 11.6 Å². The van der Waals surface area contributed by atoms with Crippen LogP contribution in [0.25, 0.3) is 10.9 Å². The third-order valence-electron chi connectivity index (χ3n) is 1.81. The largest absolute Gasteiger partial charge is 0.399 e. The summed E-state index contributed by atoms with van der Waals surface area (Å²) >= 11 is 0. The molecule has 4 nitrogen and oxygen atoms in total. The topological polar surface area (TPSA) is 67.6 Å². The smallest absolute Gasteiger partial charge is 0.128 e. The van der Waals surface area contributed by atoms with Crippen molar-refractivity contribution in [2.45, 2.75) is 6.54 Å². The standard InChI is InChI=1S/C9H8N4/c10-3-4-13-6-7-1-2-8(11)5-9(7)12-13/h1-2,5-6H,4,11H2. The SMILES string of the molecule is N#CCn1cc2ccc(N)cc2n1. The second-order valence-electron chi connectivity index (χ2n) is 2.80. The van der Waals surface area contributed by atoms with Gasteiger partial charge in [0.15, 0.2) is 0 Å². The average molecular weight is 172 g/mol. The van der Waals surface area contributed by atoms with E-state index in [1.165, 1.54) is 0 Å². The minimum absolute atomic E-state index is 0.272. The Hall–Kier alpha value is -2.02. The molecule has 13 heavy (non-hydrogen) atoms. The number of hydrogen-bond acceptors (Lipinski definition) is 3. The summed E-state index contributed by atoms with van der Waals surface area (Å²) < 4.78 is 1.60. The predicted octanol–water partition coefficient (Wildman–Crippen LogP) is 1.14. The molecule has 1 heterocycles. The molecule has 1 aromatic heterocycles. The molecule has 0 aliphatic carbocycles. The summed E-state index contributed by atoms with van der Waals surface area (Å²) in [5.41, 5.74) is 7.11. The number of rotatable bonds is 1. The summed E-state index contributed by atoms with van der Waals surface area (Å²) in [4.78, 5) is 0. The van der Waals surface area contributed by atoms with E-state index in [1.807, 2.05) is 24.4 Å². The summed E-state index contributed by atoms with van der Waals surface area (Å²) in [6.45, 7) is 0.272. The zero-order chi connectivity index (χ0) is 9.26. The lowest BCUT2D eigenvalue weighted by Gasteiger charge is -1.89. The van der Waals surface area contributed by atoms with Gasteiger partial charge in [0.25, 0.3) is 0 Å². The molecule has 0 saturated heterocycles. The number of anilines is 1. The van der Waals surface area contributed by atoms with Crippen LogP contribution < -0.4 is 5.73 Å². The molecule has 0 fully saturated rings. The zero-order valence-electron chi connectivity index (χ0n) is 6.94. The van der Waals surface area contributed by atoms with E-state index < -0.39 is 0 Å². The maximum absolute atomic E-state index is 8.46. The number of fused-ring (bicyclic) bond motifs is 1. The lowest BCUT2D eigenvalue weighted by molar-refractivity contribution is 0.719. The van der Waals surface area contributed by atoms with Crippen molar-refractivity contribution in [3.63, 3.8) is 0 Å². The lowest BCUT2D eigenvalue weighted by Crippen LogP contribution is -1.94. The molecule has 0 aliphatic rings. The van der Waals surface area contributed by atoms with Gasteiger partial charge in [-0.25, -0.2) is 0 Å². The Bertz CT molecular complexity index is 478. The number of nitriles is 1. The van der Waals surface area contributed by atoms with E-state index in [2.05, 4.69) is 5.10 Å². The summed E-state index contributed by atoms with van der Waals surface area (Å²) in [6.07, 6.45) is 1.83. The Kier molecular flexibility index (Phi) is 1.64. The highest BCUT2D eigenvalue weighted by molar-refractivity contribution is 5.81. The fraction of sp³-hybridized carbons (Fsp3) is 0.111. The Morgan fingerprint density at radius 1 is 1.54 bits per heavy atom. The number of nitrogens with zero attached hydrogens (tertiary/aromatic N) is 3. The van der Waals surface area contributed by atoms with Gasteiger partial charge >= 0.3 is 0 Å². The van der Waals surface area contributed by atoms with Crippen LogP contribution in [0.15, 0.2) is 24.4 Å². The van der Waals surface area contributed by atoms with Crippen molar-refractivity contribution in [3.05, 3.63) is 24.4 Å². The van der Waals surface area contributed by atoms with Crippen molar-refractivity contribution in [2.75, 3.05) is 5.73 Å². The van der Waals surface area contributed by atoms with E-state index in [9.17, 15) is 0 Å². The molecule has 2 rings (SSSR count). The van der Waals surface area contributed by atoms with Crippen LogP contribution in [0, 0.1) is 11.3 Å². The highest BCUT2D eigenvalue weighted by Gasteiger charge is 1.99. The first-order chi connectivity index (χ1) is 6.29. The quantitative estimate of drug-likeness (QED) is 0.656. The van der Waals surface area contributed by atoms with Gasteiger partial charge in [0.1, 0.15) is 6.54 Å². The molecule has 0 atom stereocenters. The van der Waals surface area contributed by atoms with Gasteiger partial charge in [-0.15, -0.1) is 0 Å². The second-order valence-corrected chi connectivity index (χ2v) is 2.80. The normalized spacial score (nSPS) is 10.1. The molecule has 0 saturated carbocycles. The third kappa shape index (κ3) is 1.32. The molecule has 1 aromatic carbocycles. The van der Waals surface area contributed by atoms with Crippen LogP contribution in [-0.4, -0.2) is 9.78 Å². The van der Waals surface area contributed by atoms with E-state index in [-0.39, 0.29) is 6.54 Å². The number of aromatic nitrogens is 2. The van der Waals surface area contributed by atoms with Crippen LogP contribution >= 0.6 is 0 Å². The predicted molar refractivity (Wildman–Crippen MR) is 49.8 cm³/mol. The zero-order valence-corrected chi connectivity index (χ0v) is 6.94. The molecule has 0 aliphatic heterocycles. The highest BCUT2D eigenvalue weighted by Crippen LogP contribution is 2.15. The van der Waals surface area contributed by atoms with E-state index in [1.54, 1.807) is 10.7 Å². The molecule has 2 N–H and O–H groups in total. The van der Waals surface area contributed by atoms with Crippen molar-refractivity contribution >= 4 is 16.6 Å². The van der Waals surface area contributed by atoms with Crippen molar-refractivity contribution < 1.29 is 0 Å². The van der Waals surface area contributed by atoms with Gasteiger partial charge in [-0.05, 0) is 18.2 Å². The van der Waals surface area contributed by atoms with Crippen molar-refractivity contribution in [2.24, 2.45) is 0 Å². The fourth-order valence-electron chi connectivity index (χ4n) is 1.24. The monoisotopic (exact) mass is 172 g/mol. The molecular weight excluding hydrogens is 164 g/mol. The Morgan fingerprint density at radius 2 is 2.38 bits per heavy atom. The van der Waals surface area contributed by atoms with Gasteiger partial charge in [-0.3, -0.25) is 4.68 Å². The van der Waals surface area contributed by atoms with Crippen molar-refractivity contribution in [1.82, 2.24) is 9.78 Å². The van der Waals surface area contributed by atoms with Crippen LogP contribution in [0.3, 0.4) is 0 Å². The molecule has 4 heteroatoms. The Morgan fingerprint density at radius 3 is 3.15 bits per heavy atom. The van der Waals surface area contributed by atoms with E-state index in [0.29, 0.717) is 5.69 Å². The lowest BCUT2D eigenvalue weighted by atomic mass is 10.2. The second kappa shape index (κ2) is 2.79. The van der Waals surface area contributed by atoms with E-state index >= 15 is 0 Å². The van der Waals surface area contributed by atoms with E-state index in [4.69, 9.17) is 11.0 Å². The molecule has 2 aromatic rings. The van der Waals surface area contributed by atoms with Crippen molar-refractivity contribution in [1.29, 1.82) is 5.26 Å². The van der Waals surface area contributed by atoms with E-state index in [0.717, 1.165) is 10.9 Å². The van der Waals surface area contributed by atoms with Gasteiger partial charge < -0.3 is 5.73 Å².